The van der Waals surface area contributed by atoms with Gasteiger partial charge in [0.15, 0.2) is 5.69 Å². The fourth-order valence-electron chi connectivity index (χ4n) is 4.54. The van der Waals surface area contributed by atoms with Crippen molar-refractivity contribution in [1.82, 2.24) is 15.1 Å². The molecule has 6 heteroatoms. The Morgan fingerprint density at radius 1 is 1.10 bits per heavy atom. The molecule has 6 nitrogen and oxygen atoms in total. The molecule has 31 heavy (non-hydrogen) atoms. The fourth-order valence-corrected chi connectivity index (χ4v) is 4.54. The summed E-state index contributed by atoms with van der Waals surface area (Å²) in [4.78, 5) is 25.6. The summed E-state index contributed by atoms with van der Waals surface area (Å²) in [6.45, 7) is 2.24. The molecule has 1 aliphatic carbocycles. The van der Waals surface area contributed by atoms with Gasteiger partial charge in [0.2, 0.25) is 5.43 Å². The highest BCUT2D eigenvalue weighted by Gasteiger charge is 2.38. The maximum atomic E-state index is 13.0. The number of rotatable bonds is 6. The Kier molecular flexibility index (Phi) is 5.89. The van der Waals surface area contributed by atoms with Gasteiger partial charge in [-0.25, -0.2) is 4.68 Å². The molecule has 0 unspecified atom stereocenters. The molecule has 160 valence electrons. The number of amides is 1. The summed E-state index contributed by atoms with van der Waals surface area (Å²) in [6, 6.07) is 18.9. The molecule has 0 saturated heterocycles. The monoisotopic (exact) mass is 417 g/mol. The Morgan fingerprint density at radius 3 is 2.48 bits per heavy atom. The summed E-state index contributed by atoms with van der Waals surface area (Å²) in [5, 5.41) is 7.38. The van der Waals surface area contributed by atoms with Gasteiger partial charge in [-0.15, -0.1) is 0 Å². The molecular formula is C25H27N3O3. The van der Waals surface area contributed by atoms with Gasteiger partial charge >= 0.3 is 0 Å². The van der Waals surface area contributed by atoms with E-state index in [0.29, 0.717) is 12.2 Å². The third-order valence-electron chi connectivity index (χ3n) is 6.15. The van der Waals surface area contributed by atoms with Gasteiger partial charge in [-0.05, 0) is 38.0 Å². The molecule has 1 heterocycles. The molecule has 0 radical (unpaired) electrons. The second-order valence-electron chi connectivity index (χ2n) is 8.12. The van der Waals surface area contributed by atoms with Crippen molar-refractivity contribution in [2.45, 2.75) is 38.0 Å². The highest BCUT2D eigenvalue weighted by atomic mass is 16.5. The standard InChI is InChI=1S/C25H27N3O3/c1-18-16-21(29)23(27-28(18)19-10-4-3-5-11-19)24(30)26-17-25(14-8-9-15-25)20-12-6-7-13-22(20)31-2/h3-7,10-13,16H,8-9,14-15,17H2,1-2H3,(H,26,30). The average molecular weight is 418 g/mol. The molecule has 1 fully saturated rings. The van der Waals surface area contributed by atoms with Crippen LogP contribution in [0.3, 0.4) is 0 Å². The summed E-state index contributed by atoms with van der Waals surface area (Å²) in [5.74, 6) is 0.384. The van der Waals surface area contributed by atoms with Gasteiger partial charge < -0.3 is 10.1 Å². The number of nitrogens with zero attached hydrogens (tertiary/aromatic N) is 2. The summed E-state index contributed by atoms with van der Waals surface area (Å²) in [6.07, 6.45) is 4.11. The van der Waals surface area contributed by atoms with Crippen LogP contribution in [0.15, 0.2) is 65.5 Å². The lowest BCUT2D eigenvalue weighted by Gasteiger charge is -2.31. The van der Waals surface area contributed by atoms with E-state index < -0.39 is 5.91 Å². The van der Waals surface area contributed by atoms with E-state index in [1.165, 1.54) is 6.07 Å². The van der Waals surface area contributed by atoms with Crippen molar-refractivity contribution in [3.8, 4) is 11.4 Å². The van der Waals surface area contributed by atoms with E-state index in [2.05, 4.69) is 16.5 Å². The normalized spacial score (nSPS) is 14.9. The lowest BCUT2D eigenvalue weighted by Crippen LogP contribution is -2.41. The van der Waals surface area contributed by atoms with Crippen LogP contribution < -0.4 is 15.5 Å². The smallest absolute Gasteiger partial charge is 0.275 e. The molecule has 0 bridgehead atoms. The predicted molar refractivity (Wildman–Crippen MR) is 120 cm³/mol. The summed E-state index contributed by atoms with van der Waals surface area (Å²) in [5.41, 5.74) is 1.91. The number of hydrogen-bond donors (Lipinski definition) is 1. The Balaban J connectivity index is 1.62. The van der Waals surface area contributed by atoms with E-state index >= 15 is 0 Å². The third-order valence-corrected chi connectivity index (χ3v) is 6.15. The minimum absolute atomic E-state index is 0.0948. The summed E-state index contributed by atoms with van der Waals surface area (Å²) in [7, 11) is 1.67. The molecule has 4 rings (SSSR count). The SMILES string of the molecule is COc1ccccc1C1(CNC(=O)c2nn(-c3ccccc3)c(C)cc2=O)CCCC1. The molecule has 3 aromatic rings. The van der Waals surface area contributed by atoms with Crippen molar-refractivity contribution in [3.05, 3.63) is 87.8 Å². The molecule has 1 aromatic heterocycles. The van der Waals surface area contributed by atoms with Crippen LogP contribution in [0.5, 0.6) is 5.75 Å². The van der Waals surface area contributed by atoms with E-state index in [1.807, 2.05) is 48.5 Å². The van der Waals surface area contributed by atoms with Crippen LogP contribution in [0, 0.1) is 6.92 Å². The van der Waals surface area contributed by atoms with Crippen LogP contribution in [-0.4, -0.2) is 29.3 Å². The van der Waals surface area contributed by atoms with E-state index in [-0.39, 0.29) is 16.5 Å². The quantitative estimate of drug-likeness (QED) is 0.662. The van der Waals surface area contributed by atoms with Gasteiger partial charge in [-0.1, -0.05) is 49.2 Å². The van der Waals surface area contributed by atoms with Crippen LogP contribution in [0.2, 0.25) is 0 Å². The molecular weight excluding hydrogens is 390 g/mol. The Morgan fingerprint density at radius 2 is 1.77 bits per heavy atom. The number of aromatic nitrogens is 2. The van der Waals surface area contributed by atoms with Gasteiger partial charge in [-0.3, -0.25) is 9.59 Å². The predicted octanol–water partition coefficient (Wildman–Crippen LogP) is 3.79. The van der Waals surface area contributed by atoms with Crippen molar-refractivity contribution < 1.29 is 9.53 Å². The van der Waals surface area contributed by atoms with Gasteiger partial charge in [0.05, 0.1) is 12.8 Å². The van der Waals surface area contributed by atoms with Crippen molar-refractivity contribution in [3.63, 3.8) is 0 Å². The van der Waals surface area contributed by atoms with E-state index in [1.54, 1.807) is 18.7 Å². The molecule has 0 aliphatic heterocycles. The second kappa shape index (κ2) is 8.76. The van der Waals surface area contributed by atoms with Crippen molar-refractivity contribution in [2.24, 2.45) is 0 Å². The molecule has 0 atom stereocenters. The molecule has 1 aliphatic rings. The number of hydrogen-bond acceptors (Lipinski definition) is 4. The van der Waals surface area contributed by atoms with Gasteiger partial charge in [0, 0.05) is 29.3 Å². The third kappa shape index (κ3) is 4.10. The van der Waals surface area contributed by atoms with Crippen LogP contribution in [0.25, 0.3) is 5.69 Å². The first-order chi connectivity index (χ1) is 15.0. The maximum absolute atomic E-state index is 13.0. The number of benzene rings is 2. The minimum Gasteiger partial charge on any atom is -0.496 e. The number of methoxy groups -OCH3 is 1. The molecule has 2 aromatic carbocycles. The van der Waals surface area contributed by atoms with Crippen molar-refractivity contribution in [1.29, 1.82) is 0 Å². The zero-order valence-electron chi connectivity index (χ0n) is 17.9. The minimum atomic E-state index is -0.448. The van der Waals surface area contributed by atoms with Gasteiger partial charge in [0.1, 0.15) is 5.75 Å². The van der Waals surface area contributed by atoms with Gasteiger partial charge in [-0.2, -0.15) is 5.10 Å². The zero-order valence-corrected chi connectivity index (χ0v) is 17.9. The van der Waals surface area contributed by atoms with Gasteiger partial charge in [0.25, 0.3) is 5.91 Å². The molecule has 0 spiro atoms. The first-order valence-corrected chi connectivity index (χ1v) is 10.6. The van der Waals surface area contributed by atoms with E-state index in [0.717, 1.165) is 42.7 Å². The Hall–Kier alpha value is -3.41. The highest BCUT2D eigenvalue weighted by Crippen LogP contribution is 2.44. The van der Waals surface area contributed by atoms with Crippen LogP contribution >= 0.6 is 0 Å². The Labute approximate surface area is 181 Å². The largest absolute Gasteiger partial charge is 0.496 e. The summed E-state index contributed by atoms with van der Waals surface area (Å²) >= 11 is 0. The van der Waals surface area contributed by atoms with Crippen LogP contribution in [0.1, 0.15) is 47.4 Å². The highest BCUT2D eigenvalue weighted by molar-refractivity contribution is 5.92. The van der Waals surface area contributed by atoms with Crippen molar-refractivity contribution in [2.75, 3.05) is 13.7 Å². The number of aryl methyl sites for hydroxylation is 1. The van der Waals surface area contributed by atoms with Crippen LogP contribution in [0.4, 0.5) is 0 Å². The van der Waals surface area contributed by atoms with E-state index in [4.69, 9.17) is 4.74 Å². The number of carbonyl (C=O) groups excluding carboxylic acids is 1. The van der Waals surface area contributed by atoms with Crippen LogP contribution in [-0.2, 0) is 5.41 Å². The maximum Gasteiger partial charge on any atom is 0.275 e. The second-order valence-corrected chi connectivity index (χ2v) is 8.12. The lowest BCUT2D eigenvalue weighted by molar-refractivity contribution is 0.0934. The fraction of sp³-hybridized carbons (Fsp3) is 0.320. The molecule has 1 saturated carbocycles. The zero-order chi connectivity index (χ0) is 21.8. The number of carbonyl (C=O) groups is 1. The first-order valence-electron chi connectivity index (χ1n) is 10.6. The Bertz CT molecular complexity index is 1130. The molecule has 1 amide bonds. The summed E-state index contributed by atoms with van der Waals surface area (Å²) < 4.78 is 7.22. The number of ether oxygens (including phenoxy) is 1. The average Bonchev–Trinajstić information content (AvgIpc) is 3.28. The van der Waals surface area contributed by atoms with Crippen molar-refractivity contribution >= 4 is 5.91 Å². The number of nitrogens with one attached hydrogen (secondary N) is 1. The topological polar surface area (TPSA) is 73.2 Å². The first kappa shape index (κ1) is 20.8. The molecule has 1 N–H and O–H groups in total. The van der Waals surface area contributed by atoms with E-state index in [9.17, 15) is 9.59 Å². The lowest BCUT2D eigenvalue weighted by atomic mass is 9.78. The number of para-hydroxylation sites is 2.